The Balaban J connectivity index is 1.61. The van der Waals surface area contributed by atoms with Crippen molar-refractivity contribution in [2.45, 2.75) is 31.7 Å². The fraction of sp³-hybridized carbons (Fsp3) is 0.500. The van der Waals surface area contributed by atoms with E-state index in [1.165, 1.54) is 5.56 Å². The highest BCUT2D eigenvalue weighted by atomic mass is 16.2. The maximum atomic E-state index is 12.5. The monoisotopic (exact) mass is 327 g/mol. The van der Waals surface area contributed by atoms with E-state index in [9.17, 15) is 4.79 Å². The van der Waals surface area contributed by atoms with Crippen molar-refractivity contribution in [1.29, 1.82) is 0 Å². The van der Waals surface area contributed by atoms with Crippen LogP contribution in [0.25, 0.3) is 0 Å². The minimum absolute atomic E-state index is 0.232. The zero-order valence-corrected chi connectivity index (χ0v) is 14.4. The van der Waals surface area contributed by atoms with Crippen molar-refractivity contribution in [2.24, 2.45) is 0 Å². The van der Waals surface area contributed by atoms with Gasteiger partial charge < -0.3 is 14.4 Å². The molecule has 0 spiro atoms. The SMILES string of the molecule is CN(C)c1cc([C@H]2CCCN(C(=O)CCn3ccnc3)C2)ccn1. The first-order valence-corrected chi connectivity index (χ1v) is 8.50. The topological polar surface area (TPSA) is 54.3 Å². The summed E-state index contributed by atoms with van der Waals surface area (Å²) in [6, 6.07) is 4.22. The summed E-state index contributed by atoms with van der Waals surface area (Å²) in [5, 5.41) is 0. The third-order valence-electron chi connectivity index (χ3n) is 4.62. The number of piperidine rings is 1. The predicted molar refractivity (Wildman–Crippen MR) is 94.0 cm³/mol. The highest BCUT2D eigenvalue weighted by Gasteiger charge is 2.24. The molecule has 0 N–H and O–H groups in total. The molecule has 2 aromatic rings. The molecule has 0 aliphatic carbocycles. The van der Waals surface area contributed by atoms with Gasteiger partial charge in [0.25, 0.3) is 0 Å². The largest absolute Gasteiger partial charge is 0.363 e. The van der Waals surface area contributed by atoms with Crippen LogP contribution >= 0.6 is 0 Å². The molecule has 24 heavy (non-hydrogen) atoms. The number of rotatable bonds is 5. The van der Waals surface area contributed by atoms with Gasteiger partial charge in [-0.15, -0.1) is 0 Å². The Hall–Kier alpha value is -2.37. The molecule has 0 unspecified atom stereocenters. The first-order valence-electron chi connectivity index (χ1n) is 8.50. The second kappa shape index (κ2) is 7.47. The fourth-order valence-electron chi connectivity index (χ4n) is 3.21. The van der Waals surface area contributed by atoms with Crippen LogP contribution in [0.5, 0.6) is 0 Å². The maximum absolute atomic E-state index is 12.5. The molecule has 0 saturated carbocycles. The van der Waals surface area contributed by atoms with E-state index in [4.69, 9.17) is 0 Å². The van der Waals surface area contributed by atoms with Gasteiger partial charge in [-0.25, -0.2) is 9.97 Å². The summed E-state index contributed by atoms with van der Waals surface area (Å²) < 4.78 is 1.95. The zero-order chi connectivity index (χ0) is 16.9. The molecule has 1 aliphatic rings. The van der Waals surface area contributed by atoms with E-state index in [1.807, 2.05) is 40.9 Å². The van der Waals surface area contributed by atoms with Gasteiger partial charge in [0.1, 0.15) is 5.82 Å². The van der Waals surface area contributed by atoms with E-state index in [-0.39, 0.29) is 5.91 Å². The lowest BCUT2D eigenvalue weighted by atomic mass is 9.91. The lowest BCUT2D eigenvalue weighted by molar-refractivity contribution is -0.132. The number of aromatic nitrogens is 3. The standard InChI is InChI=1S/C18H25N5O/c1-21(2)17-12-15(5-7-20-17)16-4-3-9-23(13-16)18(24)6-10-22-11-8-19-14-22/h5,7-8,11-12,14,16H,3-4,6,9-10,13H2,1-2H3/t16-/m0/s1. The van der Waals surface area contributed by atoms with E-state index in [1.54, 1.807) is 12.5 Å². The minimum Gasteiger partial charge on any atom is -0.363 e. The summed E-state index contributed by atoms with van der Waals surface area (Å²) >= 11 is 0. The maximum Gasteiger partial charge on any atom is 0.224 e. The predicted octanol–water partition coefficient (Wildman–Crippen LogP) is 2.14. The van der Waals surface area contributed by atoms with Crippen LogP contribution in [0.1, 0.15) is 30.7 Å². The van der Waals surface area contributed by atoms with Crippen molar-refractivity contribution in [1.82, 2.24) is 19.4 Å². The Morgan fingerprint density at radius 2 is 2.25 bits per heavy atom. The van der Waals surface area contributed by atoms with Gasteiger partial charge in [0.15, 0.2) is 0 Å². The number of nitrogens with zero attached hydrogens (tertiary/aromatic N) is 5. The molecule has 0 bridgehead atoms. The molecule has 1 aliphatic heterocycles. The smallest absolute Gasteiger partial charge is 0.224 e. The van der Waals surface area contributed by atoms with Crippen molar-refractivity contribution >= 4 is 11.7 Å². The molecule has 3 heterocycles. The quantitative estimate of drug-likeness (QED) is 0.844. The number of likely N-dealkylation sites (tertiary alicyclic amines) is 1. The fourth-order valence-corrected chi connectivity index (χ4v) is 3.21. The van der Waals surface area contributed by atoms with E-state index >= 15 is 0 Å². The average Bonchev–Trinajstić information content (AvgIpc) is 3.13. The average molecular weight is 327 g/mol. The summed E-state index contributed by atoms with van der Waals surface area (Å²) in [5.41, 5.74) is 1.28. The third-order valence-corrected chi connectivity index (χ3v) is 4.62. The number of anilines is 1. The van der Waals surface area contributed by atoms with Gasteiger partial charge >= 0.3 is 0 Å². The molecular formula is C18H25N5O. The summed E-state index contributed by atoms with van der Waals surface area (Å²) in [5.74, 6) is 1.60. The van der Waals surface area contributed by atoms with Gasteiger partial charge in [-0.3, -0.25) is 4.79 Å². The summed E-state index contributed by atoms with van der Waals surface area (Å²) in [7, 11) is 4.00. The molecule has 1 atom stereocenters. The van der Waals surface area contributed by atoms with Crippen LogP contribution in [-0.2, 0) is 11.3 Å². The molecule has 3 rings (SSSR count). The summed E-state index contributed by atoms with van der Waals surface area (Å²) in [6.07, 6.45) is 9.97. The zero-order valence-electron chi connectivity index (χ0n) is 14.4. The number of hydrogen-bond acceptors (Lipinski definition) is 4. The van der Waals surface area contributed by atoms with Gasteiger partial charge in [0.2, 0.25) is 5.91 Å². The molecule has 0 aromatic carbocycles. The lowest BCUT2D eigenvalue weighted by Crippen LogP contribution is -2.39. The Kier molecular flexibility index (Phi) is 5.13. The Labute approximate surface area is 143 Å². The molecule has 6 nitrogen and oxygen atoms in total. The minimum atomic E-state index is 0.232. The van der Waals surface area contributed by atoms with Crippen molar-refractivity contribution in [3.8, 4) is 0 Å². The summed E-state index contributed by atoms with van der Waals surface area (Å²) in [4.78, 5) is 24.9. The van der Waals surface area contributed by atoms with Gasteiger partial charge in [0, 0.05) is 64.7 Å². The first-order chi connectivity index (χ1) is 11.6. The van der Waals surface area contributed by atoms with Crippen molar-refractivity contribution < 1.29 is 4.79 Å². The van der Waals surface area contributed by atoms with E-state index in [0.717, 1.165) is 31.7 Å². The number of imidazole rings is 1. The third kappa shape index (κ3) is 3.93. The summed E-state index contributed by atoms with van der Waals surface area (Å²) in [6.45, 7) is 2.37. The number of hydrogen-bond donors (Lipinski definition) is 0. The molecule has 1 amide bonds. The molecule has 6 heteroatoms. The Morgan fingerprint density at radius 3 is 3.00 bits per heavy atom. The van der Waals surface area contributed by atoms with Gasteiger partial charge in [0.05, 0.1) is 6.33 Å². The van der Waals surface area contributed by atoms with Crippen LogP contribution in [0.4, 0.5) is 5.82 Å². The van der Waals surface area contributed by atoms with E-state index < -0.39 is 0 Å². The van der Waals surface area contributed by atoms with Gasteiger partial charge in [-0.05, 0) is 30.5 Å². The van der Waals surface area contributed by atoms with Crippen LogP contribution in [0.3, 0.4) is 0 Å². The molecule has 1 fully saturated rings. The van der Waals surface area contributed by atoms with Crippen LogP contribution in [0.2, 0.25) is 0 Å². The Morgan fingerprint density at radius 1 is 1.38 bits per heavy atom. The number of amides is 1. The molecular weight excluding hydrogens is 302 g/mol. The highest BCUT2D eigenvalue weighted by Crippen LogP contribution is 2.28. The van der Waals surface area contributed by atoms with Crippen LogP contribution in [0.15, 0.2) is 37.1 Å². The van der Waals surface area contributed by atoms with Crippen LogP contribution in [-0.4, -0.2) is 52.5 Å². The van der Waals surface area contributed by atoms with Crippen molar-refractivity contribution in [3.05, 3.63) is 42.6 Å². The first kappa shape index (κ1) is 16.5. The molecule has 2 aromatic heterocycles. The number of carbonyl (C=O) groups excluding carboxylic acids is 1. The van der Waals surface area contributed by atoms with Gasteiger partial charge in [-0.2, -0.15) is 0 Å². The van der Waals surface area contributed by atoms with Crippen molar-refractivity contribution in [3.63, 3.8) is 0 Å². The van der Waals surface area contributed by atoms with Crippen molar-refractivity contribution in [2.75, 3.05) is 32.1 Å². The second-order valence-corrected chi connectivity index (χ2v) is 6.57. The number of carbonyl (C=O) groups is 1. The molecule has 128 valence electrons. The molecule has 0 radical (unpaired) electrons. The van der Waals surface area contributed by atoms with Crippen LogP contribution < -0.4 is 4.90 Å². The van der Waals surface area contributed by atoms with E-state index in [2.05, 4.69) is 22.1 Å². The number of aryl methyl sites for hydroxylation is 1. The number of pyridine rings is 1. The second-order valence-electron chi connectivity index (χ2n) is 6.57. The van der Waals surface area contributed by atoms with Gasteiger partial charge in [-0.1, -0.05) is 0 Å². The molecule has 1 saturated heterocycles. The lowest BCUT2D eigenvalue weighted by Gasteiger charge is -2.33. The van der Waals surface area contributed by atoms with E-state index in [0.29, 0.717) is 18.9 Å². The normalized spacial score (nSPS) is 17.8. The highest BCUT2D eigenvalue weighted by molar-refractivity contribution is 5.76. The Bertz CT molecular complexity index is 668. The van der Waals surface area contributed by atoms with Crippen LogP contribution in [0, 0.1) is 0 Å².